The van der Waals surface area contributed by atoms with E-state index in [1.165, 1.54) is 12.1 Å². The second kappa shape index (κ2) is 7.70. The van der Waals surface area contributed by atoms with Crippen molar-refractivity contribution in [3.8, 4) is 22.5 Å². The topological polar surface area (TPSA) is 107 Å². The highest BCUT2D eigenvalue weighted by Crippen LogP contribution is 2.32. The van der Waals surface area contributed by atoms with Crippen LogP contribution in [0.2, 0.25) is 0 Å². The van der Waals surface area contributed by atoms with E-state index >= 15 is 0 Å². The number of fused-ring (bicyclic) bond motifs is 1. The summed E-state index contributed by atoms with van der Waals surface area (Å²) in [5.41, 5.74) is 8.16. The number of anilines is 1. The molecule has 32 heavy (non-hydrogen) atoms. The Balaban J connectivity index is 2.05. The molecule has 0 saturated heterocycles. The number of aryl methyl sites for hydroxylation is 3. The van der Waals surface area contributed by atoms with Gasteiger partial charge >= 0.3 is 17.8 Å². The zero-order valence-corrected chi connectivity index (χ0v) is 17.0. The number of pyridine rings is 2. The lowest BCUT2D eigenvalue weighted by Crippen LogP contribution is -2.44. The van der Waals surface area contributed by atoms with Crippen LogP contribution in [0.3, 0.4) is 0 Å². The number of aromatic nitrogens is 6. The third-order valence-electron chi connectivity index (χ3n) is 4.77. The van der Waals surface area contributed by atoms with Gasteiger partial charge in [-0.1, -0.05) is 0 Å². The summed E-state index contributed by atoms with van der Waals surface area (Å²) in [7, 11) is 0. The molecule has 0 spiro atoms. The molecular weight excluding hydrogens is 430 g/mol. The Morgan fingerprint density at radius 3 is 2.44 bits per heavy atom. The van der Waals surface area contributed by atoms with Gasteiger partial charge in [-0.25, -0.2) is 14.3 Å². The monoisotopic (exact) mass is 448 g/mol. The first kappa shape index (κ1) is 21.4. The molecule has 0 aliphatic carbocycles. The van der Waals surface area contributed by atoms with Crippen LogP contribution in [-0.4, -0.2) is 30.9 Å². The maximum atomic E-state index is 13.4. The van der Waals surface area contributed by atoms with E-state index in [0.717, 1.165) is 15.3 Å². The van der Waals surface area contributed by atoms with Crippen molar-refractivity contribution in [1.82, 2.24) is 24.7 Å². The van der Waals surface area contributed by atoms with Gasteiger partial charge in [0, 0.05) is 11.4 Å². The molecule has 4 rings (SSSR count). The summed E-state index contributed by atoms with van der Waals surface area (Å²) in [5.74, 6) is -0.805. The van der Waals surface area contributed by atoms with E-state index in [4.69, 9.17) is 5.73 Å². The summed E-state index contributed by atoms with van der Waals surface area (Å²) < 4.78 is 53.5. The summed E-state index contributed by atoms with van der Waals surface area (Å²) in [6, 6.07) is 6.07. The molecule has 4 aromatic rings. The predicted molar refractivity (Wildman–Crippen MR) is 107 cm³/mol. The van der Waals surface area contributed by atoms with Crippen LogP contribution in [-0.2, 0) is 6.54 Å². The van der Waals surface area contributed by atoms with Gasteiger partial charge < -0.3 is 5.73 Å². The lowest BCUT2D eigenvalue weighted by Gasteiger charge is -2.09. The number of nitrogens with one attached hydrogen (secondary N) is 1. The molecule has 0 bridgehead atoms. The van der Waals surface area contributed by atoms with E-state index in [1.807, 2.05) is 0 Å². The fraction of sp³-hybridized carbons (Fsp3) is 0.250. The molecular formula is C20H18F4N7O+. The molecule has 0 aromatic carbocycles. The molecule has 0 amide bonds. The fourth-order valence-corrected chi connectivity index (χ4v) is 3.50. The maximum Gasteiger partial charge on any atom is 0.428 e. The molecule has 4 heterocycles. The van der Waals surface area contributed by atoms with Crippen molar-refractivity contribution < 1.29 is 22.0 Å². The van der Waals surface area contributed by atoms with E-state index in [-0.39, 0.29) is 23.0 Å². The number of hydrogen-bond acceptors (Lipinski definition) is 5. The molecule has 0 saturated carbocycles. The van der Waals surface area contributed by atoms with Gasteiger partial charge in [-0.05, 0) is 43.7 Å². The van der Waals surface area contributed by atoms with E-state index in [9.17, 15) is 22.4 Å². The van der Waals surface area contributed by atoms with Crippen molar-refractivity contribution in [3.63, 3.8) is 0 Å². The second-order valence-corrected chi connectivity index (χ2v) is 7.29. The lowest BCUT2D eigenvalue weighted by atomic mass is 10.0. The third-order valence-corrected chi connectivity index (χ3v) is 4.77. The van der Waals surface area contributed by atoms with Crippen molar-refractivity contribution in [2.24, 2.45) is 0 Å². The van der Waals surface area contributed by atoms with Gasteiger partial charge in [0.15, 0.2) is 5.69 Å². The van der Waals surface area contributed by atoms with Crippen LogP contribution in [0.4, 0.5) is 23.5 Å². The largest absolute Gasteiger partial charge is 0.428 e. The molecule has 12 heteroatoms. The van der Waals surface area contributed by atoms with Gasteiger partial charge in [0.1, 0.15) is 5.82 Å². The number of alkyl halides is 3. The molecule has 8 nitrogen and oxygen atoms in total. The number of nitrogens with two attached hydrogens (primary N) is 1. The molecule has 0 aliphatic heterocycles. The number of halogens is 4. The first-order valence-electron chi connectivity index (χ1n) is 9.52. The predicted octanol–water partition coefficient (Wildman–Crippen LogP) is 2.72. The van der Waals surface area contributed by atoms with E-state index in [2.05, 4.69) is 20.1 Å². The van der Waals surface area contributed by atoms with Gasteiger partial charge in [0.25, 0.3) is 0 Å². The highest BCUT2D eigenvalue weighted by Gasteiger charge is 2.30. The van der Waals surface area contributed by atoms with Crippen LogP contribution in [0.5, 0.6) is 0 Å². The minimum absolute atomic E-state index is 0.135. The molecule has 166 valence electrons. The van der Waals surface area contributed by atoms with Crippen molar-refractivity contribution in [1.29, 1.82) is 0 Å². The second-order valence-electron chi connectivity index (χ2n) is 7.29. The lowest BCUT2D eigenvalue weighted by molar-refractivity contribution is -0.516. The number of H-pyrrole nitrogens is 1. The summed E-state index contributed by atoms with van der Waals surface area (Å²) in [5, 5.41) is 2.73. The Hall–Kier alpha value is -3.83. The Labute approximate surface area is 178 Å². The SMILES string of the molecule is Cc1cc(-c2c(-c3ccc(F)cn3)nc(N)[n+]3c(=O)n(CCC(F)(F)F)[nH]c23)cc(C)n1. The average Bonchev–Trinajstić information content (AvgIpc) is 3.02. The Kier molecular flexibility index (Phi) is 5.15. The van der Waals surface area contributed by atoms with Crippen LogP contribution in [0.1, 0.15) is 17.8 Å². The highest BCUT2D eigenvalue weighted by atomic mass is 19.4. The van der Waals surface area contributed by atoms with Crippen LogP contribution in [0.15, 0.2) is 35.3 Å². The standard InChI is InChI=1S/C20H17F4N7O/c1-10-7-12(8-11(2)27-10)15-16(14-4-3-13(21)9-26-14)28-18(25)31-17(15)29-30(19(31)32)6-5-20(22,23)24/h3-4,7-9H,5-6H2,1-2H3,(H2,25,27,28,29)/p+1. The van der Waals surface area contributed by atoms with Gasteiger partial charge in [-0.3, -0.25) is 9.97 Å². The Morgan fingerprint density at radius 2 is 1.84 bits per heavy atom. The van der Waals surface area contributed by atoms with E-state index in [1.54, 1.807) is 26.0 Å². The van der Waals surface area contributed by atoms with Crippen LogP contribution in [0, 0.1) is 19.7 Å². The smallest absolute Gasteiger partial charge is 0.319 e. The first-order valence-corrected chi connectivity index (χ1v) is 9.52. The Morgan fingerprint density at radius 1 is 1.16 bits per heavy atom. The summed E-state index contributed by atoms with van der Waals surface area (Å²) >= 11 is 0. The molecule has 3 N–H and O–H groups in total. The van der Waals surface area contributed by atoms with E-state index < -0.39 is 30.6 Å². The number of aromatic amines is 1. The number of nitrogen functional groups attached to an aromatic ring is 1. The zero-order valence-electron chi connectivity index (χ0n) is 17.0. The minimum atomic E-state index is -4.45. The third kappa shape index (κ3) is 4.03. The van der Waals surface area contributed by atoms with Crippen LogP contribution >= 0.6 is 0 Å². The summed E-state index contributed by atoms with van der Waals surface area (Å²) in [4.78, 5) is 25.5. The average molecular weight is 448 g/mol. The first-order chi connectivity index (χ1) is 15.0. The maximum absolute atomic E-state index is 13.4. The molecule has 0 atom stereocenters. The zero-order chi connectivity index (χ0) is 23.2. The van der Waals surface area contributed by atoms with Gasteiger partial charge in [0.05, 0.1) is 30.4 Å². The number of nitrogens with zero attached hydrogens (tertiary/aromatic N) is 5. The number of rotatable bonds is 4. The van der Waals surface area contributed by atoms with Crippen LogP contribution in [0.25, 0.3) is 28.2 Å². The van der Waals surface area contributed by atoms with Gasteiger partial charge in [-0.15, -0.1) is 9.38 Å². The molecule has 0 aliphatic rings. The van der Waals surface area contributed by atoms with Crippen molar-refractivity contribution in [2.75, 3.05) is 5.73 Å². The molecule has 0 unspecified atom stereocenters. The summed E-state index contributed by atoms with van der Waals surface area (Å²) in [6.45, 7) is 2.93. The molecule has 0 fully saturated rings. The number of hydrogen-bond donors (Lipinski definition) is 2. The minimum Gasteiger partial charge on any atom is -0.319 e. The normalized spacial score (nSPS) is 11.9. The quantitative estimate of drug-likeness (QED) is 0.369. The highest BCUT2D eigenvalue weighted by molar-refractivity contribution is 5.87. The van der Waals surface area contributed by atoms with Crippen LogP contribution < -0.4 is 15.8 Å². The van der Waals surface area contributed by atoms with Crippen molar-refractivity contribution >= 4 is 11.6 Å². The molecule has 4 aromatic heterocycles. The van der Waals surface area contributed by atoms with Crippen molar-refractivity contribution in [3.05, 3.63) is 58.2 Å². The summed E-state index contributed by atoms with van der Waals surface area (Å²) in [6.07, 6.45) is -4.64. The van der Waals surface area contributed by atoms with Gasteiger partial charge in [0.2, 0.25) is 5.65 Å². The Bertz CT molecular complexity index is 1350. The van der Waals surface area contributed by atoms with Gasteiger partial charge in [-0.2, -0.15) is 17.9 Å². The van der Waals surface area contributed by atoms with E-state index in [0.29, 0.717) is 22.5 Å². The fourth-order valence-electron chi connectivity index (χ4n) is 3.50. The van der Waals surface area contributed by atoms with Crippen molar-refractivity contribution in [2.45, 2.75) is 33.0 Å². The molecule has 0 radical (unpaired) electrons.